The molecule has 0 bridgehead atoms. The van der Waals surface area contributed by atoms with Gasteiger partial charge in [0.1, 0.15) is 23.6 Å². The molecule has 1 amide bonds. The summed E-state index contributed by atoms with van der Waals surface area (Å²) in [4.78, 5) is 34.7. The van der Waals surface area contributed by atoms with Crippen LogP contribution in [0.5, 0.6) is 5.75 Å². The third kappa shape index (κ3) is 8.69. The number of hydrogen-bond donors (Lipinski definition) is 0. The zero-order chi connectivity index (χ0) is 34.8. The number of carbonyl (C=O) groups excluding carboxylic acids is 2. The van der Waals surface area contributed by atoms with E-state index in [-0.39, 0.29) is 24.1 Å². The maximum atomic E-state index is 12.9. The van der Waals surface area contributed by atoms with Gasteiger partial charge in [-0.3, -0.25) is 4.79 Å². The number of benzene rings is 2. The van der Waals surface area contributed by atoms with Gasteiger partial charge in [-0.2, -0.15) is 0 Å². The summed E-state index contributed by atoms with van der Waals surface area (Å²) in [7, 11) is 1.65. The molecule has 48 heavy (non-hydrogen) atoms. The van der Waals surface area contributed by atoms with Crippen molar-refractivity contribution in [2.45, 2.75) is 98.6 Å². The molecule has 1 saturated heterocycles. The summed E-state index contributed by atoms with van der Waals surface area (Å²) in [6, 6.07) is 10.6. The normalized spacial score (nSPS) is 18.6. The molecule has 0 spiro atoms. The first kappa shape index (κ1) is 35.7. The highest BCUT2D eigenvalue weighted by Crippen LogP contribution is 2.37. The highest BCUT2D eigenvalue weighted by atomic mass is 32.1. The number of aryl methyl sites for hydroxylation is 2. The monoisotopic (exact) mass is 677 g/mol. The molecule has 9 nitrogen and oxygen atoms in total. The third-order valence-corrected chi connectivity index (χ3v) is 9.67. The van der Waals surface area contributed by atoms with Crippen molar-refractivity contribution in [3.63, 3.8) is 0 Å². The Labute approximate surface area is 289 Å². The van der Waals surface area contributed by atoms with Crippen LogP contribution in [0.2, 0.25) is 0 Å². The van der Waals surface area contributed by atoms with Crippen LogP contribution in [-0.2, 0) is 38.5 Å². The van der Waals surface area contributed by atoms with Gasteiger partial charge in [-0.15, -0.1) is 11.3 Å². The maximum Gasteiger partial charge on any atom is 0.410 e. The number of thiazole rings is 1. The maximum absolute atomic E-state index is 12.9. The molecule has 1 aromatic heterocycles. The minimum atomic E-state index is -0.534. The summed E-state index contributed by atoms with van der Waals surface area (Å²) in [5.41, 5.74) is 6.69. The number of anilines is 1. The van der Waals surface area contributed by atoms with Crippen LogP contribution in [0.4, 0.5) is 9.93 Å². The van der Waals surface area contributed by atoms with E-state index in [1.165, 1.54) is 16.7 Å². The number of nitrogens with zero attached hydrogens (tertiary/aromatic N) is 3. The lowest BCUT2D eigenvalue weighted by atomic mass is 9.93. The Bertz CT molecular complexity index is 1620. The Morgan fingerprint density at radius 1 is 0.958 bits per heavy atom. The molecule has 260 valence electrons. The van der Waals surface area contributed by atoms with E-state index in [0.717, 1.165) is 46.1 Å². The smallest absolute Gasteiger partial charge is 0.410 e. The van der Waals surface area contributed by atoms with Gasteiger partial charge in [-0.1, -0.05) is 24.3 Å². The van der Waals surface area contributed by atoms with Crippen molar-refractivity contribution >= 4 is 28.5 Å². The summed E-state index contributed by atoms with van der Waals surface area (Å²) in [5, 5.41) is 2.96. The minimum Gasteiger partial charge on any atom is -0.488 e. The number of para-hydroxylation sites is 1. The largest absolute Gasteiger partial charge is 0.488 e. The van der Waals surface area contributed by atoms with E-state index in [9.17, 15) is 9.59 Å². The molecular weight excluding hydrogens is 627 g/mol. The van der Waals surface area contributed by atoms with Gasteiger partial charge in [0.25, 0.3) is 0 Å². The highest BCUT2D eigenvalue weighted by molar-refractivity contribution is 7.14. The second-order valence-corrected chi connectivity index (χ2v) is 15.8. The van der Waals surface area contributed by atoms with Gasteiger partial charge >= 0.3 is 12.1 Å². The van der Waals surface area contributed by atoms with E-state index in [0.29, 0.717) is 39.2 Å². The van der Waals surface area contributed by atoms with Crippen molar-refractivity contribution in [3.05, 3.63) is 63.5 Å². The van der Waals surface area contributed by atoms with Crippen LogP contribution in [-0.4, -0.2) is 72.5 Å². The van der Waals surface area contributed by atoms with Gasteiger partial charge in [0.05, 0.1) is 17.7 Å². The number of fused-ring (bicyclic) bond motifs is 1. The van der Waals surface area contributed by atoms with E-state index in [1.807, 2.05) is 52.5 Å². The molecule has 10 heteroatoms. The predicted octanol–water partition coefficient (Wildman–Crippen LogP) is 7.52. The second kappa shape index (κ2) is 14.5. The van der Waals surface area contributed by atoms with Crippen molar-refractivity contribution < 1.29 is 28.5 Å². The molecule has 2 aromatic carbocycles. The van der Waals surface area contributed by atoms with Crippen LogP contribution in [0.1, 0.15) is 75.8 Å². The molecule has 2 aliphatic rings. The topological polar surface area (TPSA) is 90.4 Å². The fourth-order valence-corrected chi connectivity index (χ4v) is 7.33. The van der Waals surface area contributed by atoms with E-state index < -0.39 is 11.2 Å². The summed E-state index contributed by atoms with van der Waals surface area (Å²) < 4.78 is 23.6. The van der Waals surface area contributed by atoms with Gasteiger partial charge in [-0.25, -0.2) is 9.78 Å². The van der Waals surface area contributed by atoms with Crippen molar-refractivity contribution in [2.24, 2.45) is 5.92 Å². The third-order valence-electron chi connectivity index (χ3n) is 8.76. The molecule has 1 fully saturated rings. The fourth-order valence-electron chi connectivity index (χ4n) is 6.47. The quantitative estimate of drug-likeness (QED) is 0.237. The Morgan fingerprint density at radius 3 is 2.40 bits per heavy atom. The van der Waals surface area contributed by atoms with Crippen LogP contribution in [0.25, 0.3) is 11.3 Å². The number of esters is 1. The summed E-state index contributed by atoms with van der Waals surface area (Å²) in [5.74, 6) is 0.307. The number of piperidine rings is 1. The summed E-state index contributed by atoms with van der Waals surface area (Å²) >= 11 is 1.59. The van der Waals surface area contributed by atoms with Crippen molar-refractivity contribution in [1.82, 2.24) is 9.88 Å². The predicted molar refractivity (Wildman–Crippen MR) is 190 cm³/mol. The fraction of sp³-hybridized carbons (Fsp3) is 0.553. The number of rotatable bonds is 7. The average Bonchev–Trinajstić information content (AvgIpc) is 3.39. The first-order chi connectivity index (χ1) is 22.6. The van der Waals surface area contributed by atoms with Crippen LogP contribution >= 0.6 is 11.3 Å². The molecule has 0 aliphatic carbocycles. The molecule has 0 saturated carbocycles. The Hall–Kier alpha value is -3.63. The van der Waals surface area contributed by atoms with E-state index >= 15 is 0 Å². The second-order valence-electron chi connectivity index (χ2n) is 14.9. The molecule has 0 N–H and O–H groups in total. The number of carbonyl (C=O) groups is 2. The lowest BCUT2D eigenvalue weighted by Crippen LogP contribution is -2.49. The summed E-state index contributed by atoms with van der Waals surface area (Å²) in [6.45, 7) is 18.5. The summed E-state index contributed by atoms with van der Waals surface area (Å²) in [6.07, 6.45) is 1.69. The first-order valence-corrected chi connectivity index (χ1v) is 17.8. The number of aromatic nitrogens is 1. The number of methoxy groups -OCH3 is 1. The van der Waals surface area contributed by atoms with E-state index in [2.05, 4.69) is 48.4 Å². The molecule has 0 unspecified atom stereocenters. The van der Waals surface area contributed by atoms with Crippen LogP contribution in [0.15, 0.2) is 35.7 Å². The van der Waals surface area contributed by atoms with Gasteiger partial charge < -0.3 is 28.7 Å². The lowest BCUT2D eigenvalue weighted by molar-refractivity contribution is -0.165. The van der Waals surface area contributed by atoms with Crippen molar-refractivity contribution in [2.75, 3.05) is 38.2 Å². The highest BCUT2D eigenvalue weighted by Gasteiger charge is 2.38. The zero-order valence-electron chi connectivity index (χ0n) is 30.0. The number of hydrogen-bond acceptors (Lipinski definition) is 9. The standard InChI is InChI=1S/C38H51N3O6S/c1-24-11-10-12-29(31-23-48-35(39-31)41-18-15-30(32(21-41)44-9)34(42)46-37(3,4)5)33(24)45-22-26-19-25(2)28-14-17-40(16-13-27(28)20-26)36(43)47-38(6,7)8/h10-12,19-20,23,30,32H,13-18,21-22H2,1-9H3/t30-,32+/m1/s1. The Morgan fingerprint density at radius 2 is 1.69 bits per heavy atom. The average molecular weight is 678 g/mol. The van der Waals surface area contributed by atoms with Gasteiger partial charge in [-0.05, 0) is 109 Å². The van der Waals surface area contributed by atoms with Crippen LogP contribution in [0.3, 0.4) is 0 Å². The number of amides is 1. The zero-order valence-corrected chi connectivity index (χ0v) is 30.8. The molecule has 3 heterocycles. The molecule has 0 radical (unpaired) electrons. The Balaban J connectivity index is 1.28. The SMILES string of the molecule is CO[C@H]1CN(c2nc(-c3cccc(C)c3OCc3cc(C)c4c(c3)CCN(C(=O)OC(C)(C)C)CC4)cs2)CC[C@H]1C(=O)OC(C)(C)C. The minimum absolute atomic E-state index is 0.206. The van der Waals surface area contributed by atoms with Gasteiger partial charge in [0.2, 0.25) is 0 Å². The van der Waals surface area contributed by atoms with Gasteiger partial charge in [0.15, 0.2) is 5.13 Å². The van der Waals surface area contributed by atoms with Crippen molar-refractivity contribution in [3.8, 4) is 17.0 Å². The van der Waals surface area contributed by atoms with E-state index in [4.69, 9.17) is 23.9 Å². The lowest BCUT2D eigenvalue weighted by Gasteiger charge is -2.37. The van der Waals surface area contributed by atoms with Crippen LogP contribution in [0, 0.1) is 19.8 Å². The molecular formula is C38H51N3O6S. The number of ether oxygens (including phenoxy) is 4. The molecule has 3 aromatic rings. The molecule has 2 aliphatic heterocycles. The Kier molecular flexibility index (Phi) is 10.7. The van der Waals surface area contributed by atoms with Gasteiger partial charge in [0, 0.05) is 44.2 Å². The first-order valence-electron chi connectivity index (χ1n) is 16.9. The van der Waals surface area contributed by atoms with Crippen molar-refractivity contribution in [1.29, 1.82) is 0 Å². The molecule has 5 rings (SSSR count). The van der Waals surface area contributed by atoms with Crippen LogP contribution < -0.4 is 9.64 Å². The van der Waals surface area contributed by atoms with E-state index in [1.54, 1.807) is 18.4 Å². The molecule has 2 atom stereocenters.